The first-order valence-corrected chi connectivity index (χ1v) is 8.08. The molecule has 1 N–H and O–H groups in total. The molecule has 0 bridgehead atoms. The van der Waals surface area contributed by atoms with E-state index in [4.69, 9.17) is 9.57 Å². The van der Waals surface area contributed by atoms with Gasteiger partial charge in [0.2, 0.25) is 5.91 Å². The summed E-state index contributed by atoms with van der Waals surface area (Å²) in [6.45, 7) is 2.78. The molecule has 7 heteroatoms. The molecular weight excluding hydrogens is 318 g/mol. The van der Waals surface area contributed by atoms with E-state index in [1.807, 2.05) is 0 Å². The van der Waals surface area contributed by atoms with E-state index >= 15 is 0 Å². The molecule has 0 saturated carbocycles. The highest BCUT2D eigenvalue weighted by atomic mass is 19.1. The van der Waals surface area contributed by atoms with Crippen molar-refractivity contribution in [1.82, 2.24) is 5.32 Å². The number of benzene rings is 1. The molecule has 1 unspecified atom stereocenters. The van der Waals surface area contributed by atoms with E-state index in [1.165, 1.54) is 19.1 Å². The van der Waals surface area contributed by atoms with Crippen molar-refractivity contribution < 1.29 is 23.1 Å². The number of hydrogen-bond donors (Lipinski definition) is 1. The lowest BCUT2D eigenvalue weighted by Crippen LogP contribution is -2.30. The highest BCUT2D eigenvalue weighted by Gasteiger charge is 2.27. The van der Waals surface area contributed by atoms with Gasteiger partial charge in [0.05, 0.1) is 12.3 Å². The number of carbonyl (C=O) groups excluding carboxylic acids is 1. The molecule has 2 aliphatic heterocycles. The van der Waals surface area contributed by atoms with E-state index < -0.39 is 11.6 Å². The molecule has 0 aliphatic carbocycles. The van der Waals surface area contributed by atoms with Crippen molar-refractivity contribution in [3.63, 3.8) is 0 Å². The van der Waals surface area contributed by atoms with Crippen LogP contribution in [0.3, 0.4) is 0 Å². The van der Waals surface area contributed by atoms with Crippen LogP contribution >= 0.6 is 0 Å². The van der Waals surface area contributed by atoms with E-state index in [-0.39, 0.29) is 23.5 Å². The number of hydrogen-bond acceptors (Lipinski definition) is 4. The molecule has 1 atom stereocenters. The molecule has 5 nitrogen and oxygen atoms in total. The standard InChI is InChI=1S/C17H20F2N2O3/c1-10(22)20-9-13-8-16(21-24-13)12-6-14(18)17(15(19)7-12)11-2-4-23-5-3-11/h6-7,11,13H,2-5,8-9H2,1H3,(H,20,22). The molecule has 24 heavy (non-hydrogen) atoms. The van der Waals surface area contributed by atoms with Crippen LogP contribution in [0, 0.1) is 11.6 Å². The summed E-state index contributed by atoms with van der Waals surface area (Å²) in [5.74, 6) is -1.41. The minimum absolute atomic E-state index is 0.136. The zero-order chi connectivity index (χ0) is 17.1. The number of rotatable bonds is 4. The Morgan fingerprint density at radius 2 is 1.96 bits per heavy atom. The highest BCUT2D eigenvalue weighted by molar-refractivity contribution is 6.01. The van der Waals surface area contributed by atoms with Crippen LogP contribution in [-0.2, 0) is 14.4 Å². The fourth-order valence-corrected chi connectivity index (χ4v) is 3.09. The molecule has 2 heterocycles. The molecule has 1 amide bonds. The number of ether oxygens (including phenoxy) is 1. The number of oxime groups is 1. The molecule has 0 spiro atoms. The summed E-state index contributed by atoms with van der Waals surface area (Å²) >= 11 is 0. The molecule has 1 saturated heterocycles. The smallest absolute Gasteiger partial charge is 0.217 e. The molecule has 1 aromatic rings. The quantitative estimate of drug-likeness (QED) is 0.918. The van der Waals surface area contributed by atoms with Crippen LogP contribution in [0.1, 0.15) is 43.2 Å². The molecule has 130 valence electrons. The van der Waals surface area contributed by atoms with Crippen LogP contribution in [0.2, 0.25) is 0 Å². The van der Waals surface area contributed by atoms with E-state index in [9.17, 15) is 13.6 Å². The molecule has 3 rings (SSSR count). The third-order valence-corrected chi connectivity index (χ3v) is 4.35. The van der Waals surface area contributed by atoms with Gasteiger partial charge in [-0.15, -0.1) is 0 Å². The largest absolute Gasteiger partial charge is 0.390 e. The van der Waals surface area contributed by atoms with Gasteiger partial charge in [0, 0.05) is 37.7 Å². The van der Waals surface area contributed by atoms with Crippen molar-refractivity contribution >= 4 is 11.6 Å². The van der Waals surface area contributed by atoms with Crippen LogP contribution in [0.5, 0.6) is 0 Å². The summed E-state index contributed by atoms with van der Waals surface area (Å²) in [5, 5.41) is 6.54. The van der Waals surface area contributed by atoms with Crippen molar-refractivity contribution in [1.29, 1.82) is 0 Å². The van der Waals surface area contributed by atoms with Crippen LogP contribution in [0.15, 0.2) is 17.3 Å². The van der Waals surface area contributed by atoms with Crippen molar-refractivity contribution in [2.75, 3.05) is 19.8 Å². The van der Waals surface area contributed by atoms with Gasteiger partial charge in [-0.25, -0.2) is 8.78 Å². The Hall–Kier alpha value is -2.02. The first kappa shape index (κ1) is 16.8. The number of carbonyl (C=O) groups is 1. The fourth-order valence-electron chi connectivity index (χ4n) is 3.09. The maximum absolute atomic E-state index is 14.5. The molecule has 0 aromatic heterocycles. The van der Waals surface area contributed by atoms with Gasteiger partial charge in [-0.2, -0.15) is 0 Å². The minimum Gasteiger partial charge on any atom is -0.390 e. The van der Waals surface area contributed by atoms with Gasteiger partial charge >= 0.3 is 0 Å². The summed E-state index contributed by atoms with van der Waals surface area (Å²) in [6.07, 6.45) is 1.33. The third kappa shape index (κ3) is 3.72. The topological polar surface area (TPSA) is 59.9 Å². The number of nitrogens with one attached hydrogen (secondary N) is 1. The lowest BCUT2D eigenvalue weighted by Gasteiger charge is -2.23. The van der Waals surface area contributed by atoms with Gasteiger partial charge in [0.25, 0.3) is 0 Å². The SMILES string of the molecule is CC(=O)NCC1CC(c2cc(F)c(C3CCOCC3)c(F)c2)=NO1. The Morgan fingerprint density at radius 3 is 2.58 bits per heavy atom. The van der Waals surface area contributed by atoms with Crippen molar-refractivity contribution in [2.24, 2.45) is 5.16 Å². The van der Waals surface area contributed by atoms with E-state index in [0.717, 1.165) is 0 Å². The van der Waals surface area contributed by atoms with E-state index in [1.54, 1.807) is 0 Å². The summed E-state index contributed by atoms with van der Waals surface area (Å²) in [5.41, 5.74) is 1.00. The lowest BCUT2D eigenvalue weighted by atomic mass is 9.89. The average molecular weight is 338 g/mol. The molecule has 2 aliphatic rings. The van der Waals surface area contributed by atoms with Gasteiger partial charge in [0.1, 0.15) is 17.7 Å². The Morgan fingerprint density at radius 1 is 1.29 bits per heavy atom. The van der Waals surface area contributed by atoms with Crippen LogP contribution in [0.4, 0.5) is 8.78 Å². The number of nitrogens with zero attached hydrogens (tertiary/aromatic N) is 1. The zero-order valence-corrected chi connectivity index (χ0v) is 13.5. The van der Waals surface area contributed by atoms with Gasteiger partial charge < -0.3 is 14.9 Å². The Kier molecular flexibility index (Phi) is 5.08. The predicted molar refractivity (Wildman–Crippen MR) is 83.9 cm³/mol. The Bertz CT molecular complexity index is 634. The first-order chi connectivity index (χ1) is 11.5. The van der Waals surface area contributed by atoms with Gasteiger partial charge in [-0.3, -0.25) is 4.79 Å². The van der Waals surface area contributed by atoms with Gasteiger partial charge in [-0.1, -0.05) is 5.16 Å². The van der Waals surface area contributed by atoms with Crippen LogP contribution < -0.4 is 5.32 Å². The monoisotopic (exact) mass is 338 g/mol. The van der Waals surface area contributed by atoms with Gasteiger partial charge in [0.15, 0.2) is 0 Å². The molecule has 0 radical (unpaired) electrons. The maximum Gasteiger partial charge on any atom is 0.217 e. The summed E-state index contributed by atoms with van der Waals surface area (Å²) < 4.78 is 34.2. The fraction of sp³-hybridized carbons (Fsp3) is 0.529. The predicted octanol–water partition coefficient (Wildman–Crippen LogP) is 2.49. The van der Waals surface area contributed by atoms with Crippen LogP contribution in [-0.4, -0.2) is 37.5 Å². The van der Waals surface area contributed by atoms with Crippen LogP contribution in [0.25, 0.3) is 0 Å². The minimum atomic E-state index is -0.551. The summed E-state index contributed by atoms with van der Waals surface area (Å²) in [4.78, 5) is 16.1. The van der Waals surface area contributed by atoms with Crippen molar-refractivity contribution in [3.8, 4) is 0 Å². The zero-order valence-electron chi connectivity index (χ0n) is 13.5. The molecule has 1 aromatic carbocycles. The maximum atomic E-state index is 14.5. The second-order valence-electron chi connectivity index (χ2n) is 6.15. The Labute approximate surface area is 139 Å². The Balaban J connectivity index is 1.72. The highest BCUT2D eigenvalue weighted by Crippen LogP contribution is 2.32. The average Bonchev–Trinajstić information content (AvgIpc) is 3.02. The summed E-state index contributed by atoms with van der Waals surface area (Å²) in [6, 6.07) is 2.63. The lowest BCUT2D eigenvalue weighted by molar-refractivity contribution is -0.119. The van der Waals surface area contributed by atoms with Crippen molar-refractivity contribution in [2.45, 2.75) is 38.2 Å². The van der Waals surface area contributed by atoms with E-state index in [2.05, 4.69) is 10.5 Å². The molecular formula is C17H20F2N2O3. The normalized spacial score (nSPS) is 21.3. The second-order valence-corrected chi connectivity index (χ2v) is 6.15. The third-order valence-electron chi connectivity index (χ3n) is 4.35. The van der Waals surface area contributed by atoms with Gasteiger partial charge in [-0.05, 0) is 30.9 Å². The second kappa shape index (κ2) is 7.25. The molecule has 1 fully saturated rings. The number of amides is 1. The first-order valence-electron chi connectivity index (χ1n) is 8.08. The number of halogens is 2. The van der Waals surface area contributed by atoms with Crippen molar-refractivity contribution in [3.05, 3.63) is 34.9 Å². The van der Waals surface area contributed by atoms with E-state index in [0.29, 0.717) is 50.3 Å². The summed E-state index contributed by atoms with van der Waals surface area (Å²) in [7, 11) is 0.